The molecule has 106 valence electrons. The molecule has 0 amide bonds. The Bertz CT molecular complexity index is 564. The Morgan fingerprint density at radius 2 is 1.80 bits per heavy atom. The predicted octanol–water partition coefficient (Wildman–Crippen LogP) is 3.77. The Morgan fingerprint density at radius 1 is 1.10 bits per heavy atom. The normalized spacial score (nSPS) is 12.4. The standard InChI is InChI=1S/C17H22N2S/c1-12-4-5-13(2)15(10-12)11-17(19-18)14-6-8-16(20-3)9-7-14/h4-10,17,19H,11,18H2,1-3H3. The van der Waals surface area contributed by atoms with Crippen LogP contribution in [-0.4, -0.2) is 6.26 Å². The number of rotatable bonds is 5. The van der Waals surface area contributed by atoms with E-state index in [-0.39, 0.29) is 6.04 Å². The summed E-state index contributed by atoms with van der Waals surface area (Å²) in [6.45, 7) is 4.28. The lowest BCUT2D eigenvalue weighted by Gasteiger charge is -2.18. The van der Waals surface area contributed by atoms with Crippen molar-refractivity contribution in [3.05, 3.63) is 64.7 Å². The number of thioether (sulfide) groups is 1. The fourth-order valence-electron chi connectivity index (χ4n) is 2.35. The average Bonchev–Trinajstić information content (AvgIpc) is 2.48. The molecule has 0 bridgehead atoms. The van der Waals surface area contributed by atoms with E-state index < -0.39 is 0 Å². The van der Waals surface area contributed by atoms with Gasteiger partial charge in [-0.3, -0.25) is 11.3 Å². The van der Waals surface area contributed by atoms with Gasteiger partial charge in [0.25, 0.3) is 0 Å². The highest BCUT2D eigenvalue weighted by Gasteiger charge is 2.12. The highest BCUT2D eigenvalue weighted by molar-refractivity contribution is 7.98. The lowest BCUT2D eigenvalue weighted by Crippen LogP contribution is -2.29. The molecule has 2 aromatic carbocycles. The summed E-state index contributed by atoms with van der Waals surface area (Å²) in [4.78, 5) is 1.27. The number of hydrogen-bond acceptors (Lipinski definition) is 3. The molecule has 0 radical (unpaired) electrons. The molecule has 0 heterocycles. The molecular formula is C17H22N2S. The molecule has 0 aliphatic heterocycles. The van der Waals surface area contributed by atoms with E-state index in [1.807, 2.05) is 0 Å². The molecule has 2 aromatic rings. The molecule has 0 aromatic heterocycles. The smallest absolute Gasteiger partial charge is 0.0500 e. The van der Waals surface area contributed by atoms with Crippen molar-refractivity contribution >= 4 is 11.8 Å². The van der Waals surface area contributed by atoms with Crippen LogP contribution in [0, 0.1) is 13.8 Å². The van der Waals surface area contributed by atoms with Crippen molar-refractivity contribution < 1.29 is 0 Å². The monoisotopic (exact) mass is 286 g/mol. The Morgan fingerprint density at radius 3 is 2.40 bits per heavy atom. The van der Waals surface area contributed by atoms with Gasteiger partial charge in [-0.1, -0.05) is 35.9 Å². The molecule has 0 aliphatic carbocycles. The van der Waals surface area contributed by atoms with Gasteiger partial charge in [0.2, 0.25) is 0 Å². The number of hydrogen-bond donors (Lipinski definition) is 2. The van der Waals surface area contributed by atoms with Gasteiger partial charge in [-0.05, 0) is 55.3 Å². The Kier molecular flexibility index (Phi) is 5.24. The van der Waals surface area contributed by atoms with Crippen molar-refractivity contribution in [1.82, 2.24) is 5.43 Å². The predicted molar refractivity (Wildman–Crippen MR) is 87.9 cm³/mol. The van der Waals surface area contributed by atoms with E-state index in [2.05, 4.69) is 68.0 Å². The van der Waals surface area contributed by atoms with Crippen LogP contribution in [0.5, 0.6) is 0 Å². The van der Waals surface area contributed by atoms with Crippen molar-refractivity contribution in [3.8, 4) is 0 Å². The lowest BCUT2D eigenvalue weighted by atomic mass is 9.95. The first-order valence-electron chi connectivity index (χ1n) is 6.80. The Balaban J connectivity index is 2.21. The second-order valence-electron chi connectivity index (χ2n) is 5.13. The van der Waals surface area contributed by atoms with E-state index in [0.717, 1.165) is 6.42 Å². The van der Waals surface area contributed by atoms with Gasteiger partial charge in [0.15, 0.2) is 0 Å². The maximum Gasteiger partial charge on any atom is 0.0500 e. The summed E-state index contributed by atoms with van der Waals surface area (Å²) < 4.78 is 0. The zero-order valence-electron chi connectivity index (χ0n) is 12.3. The topological polar surface area (TPSA) is 38.0 Å². The van der Waals surface area contributed by atoms with Crippen LogP contribution >= 0.6 is 11.8 Å². The van der Waals surface area contributed by atoms with Gasteiger partial charge in [0.1, 0.15) is 0 Å². The first kappa shape index (κ1) is 15.1. The molecule has 2 nitrogen and oxygen atoms in total. The van der Waals surface area contributed by atoms with Gasteiger partial charge in [0, 0.05) is 10.9 Å². The van der Waals surface area contributed by atoms with Crippen molar-refractivity contribution in [3.63, 3.8) is 0 Å². The van der Waals surface area contributed by atoms with Gasteiger partial charge < -0.3 is 0 Å². The van der Waals surface area contributed by atoms with E-state index in [1.165, 1.54) is 27.1 Å². The highest BCUT2D eigenvalue weighted by atomic mass is 32.2. The van der Waals surface area contributed by atoms with Crippen molar-refractivity contribution in [2.45, 2.75) is 31.2 Å². The quantitative estimate of drug-likeness (QED) is 0.499. The third-order valence-corrected chi connectivity index (χ3v) is 4.39. The van der Waals surface area contributed by atoms with E-state index in [1.54, 1.807) is 11.8 Å². The molecule has 1 atom stereocenters. The molecule has 0 saturated carbocycles. The van der Waals surface area contributed by atoms with Gasteiger partial charge in [-0.25, -0.2) is 0 Å². The third-order valence-electron chi connectivity index (χ3n) is 3.65. The molecule has 0 aliphatic rings. The second-order valence-corrected chi connectivity index (χ2v) is 6.01. The summed E-state index contributed by atoms with van der Waals surface area (Å²) in [5.41, 5.74) is 8.13. The summed E-state index contributed by atoms with van der Waals surface area (Å²) in [5, 5.41) is 0. The molecule has 0 saturated heterocycles. The van der Waals surface area contributed by atoms with E-state index in [0.29, 0.717) is 0 Å². The minimum atomic E-state index is 0.145. The number of hydrazine groups is 1. The first-order valence-corrected chi connectivity index (χ1v) is 8.02. The van der Waals surface area contributed by atoms with Crippen LogP contribution < -0.4 is 11.3 Å². The summed E-state index contributed by atoms with van der Waals surface area (Å²) in [6, 6.07) is 15.3. The Labute approximate surface area is 125 Å². The van der Waals surface area contributed by atoms with E-state index in [4.69, 9.17) is 5.84 Å². The van der Waals surface area contributed by atoms with E-state index in [9.17, 15) is 0 Å². The molecular weight excluding hydrogens is 264 g/mol. The van der Waals surface area contributed by atoms with Crippen LogP contribution in [0.2, 0.25) is 0 Å². The van der Waals surface area contributed by atoms with Crippen molar-refractivity contribution in [2.24, 2.45) is 5.84 Å². The van der Waals surface area contributed by atoms with Gasteiger partial charge >= 0.3 is 0 Å². The molecule has 1 unspecified atom stereocenters. The minimum absolute atomic E-state index is 0.145. The summed E-state index contributed by atoms with van der Waals surface area (Å²) in [6.07, 6.45) is 2.99. The largest absolute Gasteiger partial charge is 0.271 e. The first-order chi connectivity index (χ1) is 9.63. The number of nitrogens with one attached hydrogen (secondary N) is 1. The lowest BCUT2D eigenvalue weighted by molar-refractivity contribution is 0.550. The fourth-order valence-corrected chi connectivity index (χ4v) is 2.76. The molecule has 3 heteroatoms. The zero-order chi connectivity index (χ0) is 14.5. The van der Waals surface area contributed by atoms with Crippen LogP contribution in [0.25, 0.3) is 0 Å². The second kappa shape index (κ2) is 6.93. The van der Waals surface area contributed by atoms with E-state index >= 15 is 0 Å². The van der Waals surface area contributed by atoms with Crippen molar-refractivity contribution in [1.29, 1.82) is 0 Å². The molecule has 20 heavy (non-hydrogen) atoms. The summed E-state index contributed by atoms with van der Waals surface area (Å²) in [7, 11) is 0. The van der Waals surface area contributed by atoms with Crippen LogP contribution in [0.15, 0.2) is 47.4 Å². The summed E-state index contributed by atoms with van der Waals surface area (Å²) in [5.74, 6) is 5.76. The zero-order valence-corrected chi connectivity index (χ0v) is 13.1. The van der Waals surface area contributed by atoms with Crippen molar-refractivity contribution in [2.75, 3.05) is 6.26 Å². The molecule has 2 rings (SSSR count). The fraction of sp³-hybridized carbons (Fsp3) is 0.294. The minimum Gasteiger partial charge on any atom is -0.271 e. The highest BCUT2D eigenvalue weighted by Crippen LogP contribution is 2.23. The van der Waals surface area contributed by atoms with Gasteiger partial charge in [-0.2, -0.15) is 0 Å². The van der Waals surface area contributed by atoms with Crippen LogP contribution in [-0.2, 0) is 6.42 Å². The van der Waals surface area contributed by atoms with Gasteiger partial charge in [-0.15, -0.1) is 11.8 Å². The summed E-state index contributed by atoms with van der Waals surface area (Å²) >= 11 is 1.75. The Hall–Kier alpha value is -1.29. The maximum absolute atomic E-state index is 5.76. The third kappa shape index (κ3) is 3.63. The SMILES string of the molecule is CSc1ccc(C(Cc2cc(C)ccc2C)NN)cc1. The number of benzene rings is 2. The average molecular weight is 286 g/mol. The molecule has 0 spiro atoms. The van der Waals surface area contributed by atoms with Crippen LogP contribution in [0.1, 0.15) is 28.3 Å². The number of nitrogens with two attached hydrogens (primary N) is 1. The maximum atomic E-state index is 5.76. The molecule has 3 N–H and O–H groups in total. The van der Waals surface area contributed by atoms with Gasteiger partial charge in [0.05, 0.1) is 0 Å². The number of aryl methyl sites for hydroxylation is 2. The molecule has 0 fully saturated rings. The van der Waals surface area contributed by atoms with Crippen LogP contribution in [0.3, 0.4) is 0 Å². The van der Waals surface area contributed by atoms with Crippen LogP contribution in [0.4, 0.5) is 0 Å².